The third-order valence-corrected chi connectivity index (χ3v) is 1.59. The molecular weight excluding hydrogens is 214 g/mol. The van der Waals surface area contributed by atoms with Gasteiger partial charge in [-0.1, -0.05) is 15.9 Å². The van der Waals surface area contributed by atoms with Crippen molar-refractivity contribution < 1.29 is 9.52 Å². The van der Waals surface area contributed by atoms with Crippen molar-refractivity contribution in [2.24, 2.45) is 5.73 Å². The van der Waals surface area contributed by atoms with E-state index in [-0.39, 0.29) is 12.5 Å². The predicted octanol–water partition coefficient (Wildman–Crippen LogP) is -0.0434. The van der Waals surface area contributed by atoms with Gasteiger partial charge in [0, 0.05) is 0 Å². The summed E-state index contributed by atoms with van der Waals surface area (Å²) in [5.74, 6) is 0.728. The Morgan fingerprint density at radius 1 is 1.64 bits per heavy atom. The molecule has 1 aromatic heterocycles. The SMILES string of the molecule is N[C@H](CO)c1nnc(CBr)o1. The highest BCUT2D eigenvalue weighted by Gasteiger charge is 2.11. The number of hydrogen-bond acceptors (Lipinski definition) is 5. The molecule has 0 spiro atoms. The van der Waals surface area contributed by atoms with Crippen molar-refractivity contribution in [3.8, 4) is 0 Å². The molecule has 3 N–H and O–H groups in total. The van der Waals surface area contributed by atoms with Crippen molar-refractivity contribution in [2.45, 2.75) is 11.4 Å². The summed E-state index contributed by atoms with van der Waals surface area (Å²) in [6.45, 7) is -0.191. The molecule has 0 aliphatic heterocycles. The number of nitrogens with zero attached hydrogens (tertiary/aromatic N) is 2. The van der Waals surface area contributed by atoms with E-state index in [1.165, 1.54) is 0 Å². The minimum absolute atomic E-state index is 0.191. The Bertz CT molecular complexity index is 227. The maximum atomic E-state index is 8.61. The average Bonchev–Trinajstić information content (AvgIpc) is 2.50. The van der Waals surface area contributed by atoms with Gasteiger partial charge in [-0.15, -0.1) is 10.2 Å². The third-order valence-electron chi connectivity index (χ3n) is 1.11. The molecule has 0 saturated carbocycles. The summed E-state index contributed by atoms with van der Waals surface area (Å²) in [6, 6.07) is -0.574. The van der Waals surface area contributed by atoms with Gasteiger partial charge in [0.2, 0.25) is 11.8 Å². The second-order valence-electron chi connectivity index (χ2n) is 1.96. The Labute approximate surface area is 71.7 Å². The Kier molecular flexibility index (Phi) is 2.98. The molecule has 0 radical (unpaired) electrons. The number of rotatable bonds is 3. The molecule has 1 atom stereocenters. The summed E-state index contributed by atoms with van der Waals surface area (Å²) in [5.41, 5.74) is 5.40. The van der Waals surface area contributed by atoms with Crippen molar-refractivity contribution in [1.29, 1.82) is 0 Å². The van der Waals surface area contributed by atoms with Gasteiger partial charge >= 0.3 is 0 Å². The lowest BCUT2D eigenvalue weighted by molar-refractivity contribution is 0.246. The summed E-state index contributed by atoms with van der Waals surface area (Å²) in [5, 5.41) is 16.4. The summed E-state index contributed by atoms with van der Waals surface area (Å²) in [6.07, 6.45) is 0. The normalized spacial score (nSPS) is 13.4. The van der Waals surface area contributed by atoms with Gasteiger partial charge in [-0.25, -0.2) is 0 Å². The summed E-state index contributed by atoms with van der Waals surface area (Å²) < 4.78 is 5.03. The quantitative estimate of drug-likeness (QED) is 0.700. The van der Waals surface area contributed by atoms with Crippen LogP contribution in [0.2, 0.25) is 0 Å². The molecule has 0 saturated heterocycles. The van der Waals surface area contributed by atoms with Crippen LogP contribution >= 0.6 is 15.9 Å². The first-order valence-corrected chi connectivity index (χ1v) is 4.14. The van der Waals surface area contributed by atoms with E-state index in [0.29, 0.717) is 11.2 Å². The van der Waals surface area contributed by atoms with Gasteiger partial charge in [0.05, 0.1) is 11.9 Å². The summed E-state index contributed by atoms with van der Waals surface area (Å²) >= 11 is 3.14. The van der Waals surface area contributed by atoms with Crippen LogP contribution in [0.5, 0.6) is 0 Å². The minimum atomic E-state index is -0.574. The van der Waals surface area contributed by atoms with Crippen molar-refractivity contribution in [2.75, 3.05) is 6.61 Å². The van der Waals surface area contributed by atoms with Crippen LogP contribution in [0, 0.1) is 0 Å². The lowest BCUT2D eigenvalue weighted by Gasteiger charge is -1.98. The number of alkyl halides is 1. The van der Waals surface area contributed by atoms with Crippen LogP contribution in [-0.4, -0.2) is 21.9 Å². The number of aliphatic hydroxyl groups excluding tert-OH is 1. The molecule has 0 amide bonds. The monoisotopic (exact) mass is 221 g/mol. The lowest BCUT2D eigenvalue weighted by atomic mass is 10.3. The molecule has 0 aromatic carbocycles. The molecule has 5 nitrogen and oxygen atoms in total. The van der Waals surface area contributed by atoms with Crippen molar-refractivity contribution >= 4 is 15.9 Å². The van der Waals surface area contributed by atoms with E-state index in [1.54, 1.807) is 0 Å². The zero-order chi connectivity index (χ0) is 8.27. The molecule has 0 aliphatic carbocycles. The molecule has 0 unspecified atom stereocenters. The number of aliphatic hydroxyl groups is 1. The number of halogens is 1. The molecule has 11 heavy (non-hydrogen) atoms. The second kappa shape index (κ2) is 3.80. The van der Waals surface area contributed by atoms with Crippen LogP contribution in [0.15, 0.2) is 4.42 Å². The fourth-order valence-electron chi connectivity index (χ4n) is 0.549. The highest BCUT2D eigenvalue weighted by Crippen LogP contribution is 2.09. The van der Waals surface area contributed by atoms with E-state index >= 15 is 0 Å². The van der Waals surface area contributed by atoms with Crippen LogP contribution in [0.3, 0.4) is 0 Å². The Morgan fingerprint density at radius 2 is 2.36 bits per heavy atom. The topological polar surface area (TPSA) is 85.2 Å². The standard InChI is InChI=1S/C5H8BrN3O2/c6-1-4-8-9-5(11-4)3(7)2-10/h3,10H,1-2,7H2/t3-/m1/s1. The van der Waals surface area contributed by atoms with Crippen molar-refractivity contribution in [1.82, 2.24) is 10.2 Å². The average molecular weight is 222 g/mol. The highest BCUT2D eigenvalue weighted by atomic mass is 79.9. The minimum Gasteiger partial charge on any atom is -0.423 e. The van der Waals surface area contributed by atoms with E-state index in [0.717, 1.165) is 0 Å². The first-order chi connectivity index (χ1) is 5.27. The van der Waals surface area contributed by atoms with Gasteiger partial charge in [-0.05, 0) is 0 Å². The van der Waals surface area contributed by atoms with E-state index in [2.05, 4.69) is 26.1 Å². The number of aromatic nitrogens is 2. The Hall–Kier alpha value is -0.460. The fraction of sp³-hybridized carbons (Fsp3) is 0.600. The van der Waals surface area contributed by atoms with E-state index < -0.39 is 6.04 Å². The summed E-state index contributed by atoms with van der Waals surface area (Å²) in [7, 11) is 0. The van der Waals surface area contributed by atoms with Crippen LogP contribution in [-0.2, 0) is 5.33 Å². The van der Waals surface area contributed by atoms with Gasteiger partial charge in [0.1, 0.15) is 6.04 Å². The van der Waals surface area contributed by atoms with Gasteiger partial charge < -0.3 is 15.3 Å². The van der Waals surface area contributed by atoms with E-state index in [9.17, 15) is 0 Å². The van der Waals surface area contributed by atoms with E-state index in [1.807, 2.05) is 0 Å². The fourth-order valence-corrected chi connectivity index (χ4v) is 0.775. The number of nitrogens with two attached hydrogens (primary N) is 1. The molecule has 0 bridgehead atoms. The Balaban J connectivity index is 2.71. The molecule has 1 aromatic rings. The molecule has 62 valence electrons. The predicted molar refractivity (Wildman–Crippen MR) is 40.9 cm³/mol. The molecular formula is C5H8BrN3O2. The molecule has 0 aliphatic rings. The lowest BCUT2D eigenvalue weighted by Crippen LogP contribution is -2.14. The summed E-state index contributed by atoms with van der Waals surface area (Å²) in [4.78, 5) is 0. The third kappa shape index (κ3) is 1.98. The Morgan fingerprint density at radius 3 is 2.82 bits per heavy atom. The smallest absolute Gasteiger partial charge is 0.235 e. The number of hydrogen-bond donors (Lipinski definition) is 2. The maximum absolute atomic E-state index is 8.61. The largest absolute Gasteiger partial charge is 0.423 e. The van der Waals surface area contributed by atoms with Crippen LogP contribution in [0.4, 0.5) is 0 Å². The zero-order valence-corrected chi connectivity index (χ0v) is 7.28. The first-order valence-electron chi connectivity index (χ1n) is 3.02. The maximum Gasteiger partial charge on any atom is 0.235 e. The first kappa shape index (κ1) is 8.63. The zero-order valence-electron chi connectivity index (χ0n) is 5.70. The van der Waals surface area contributed by atoms with Crippen LogP contribution < -0.4 is 5.73 Å². The van der Waals surface area contributed by atoms with Crippen molar-refractivity contribution in [3.63, 3.8) is 0 Å². The van der Waals surface area contributed by atoms with Crippen LogP contribution in [0.1, 0.15) is 17.8 Å². The van der Waals surface area contributed by atoms with Gasteiger partial charge in [0.15, 0.2) is 0 Å². The van der Waals surface area contributed by atoms with Gasteiger partial charge in [-0.2, -0.15) is 0 Å². The van der Waals surface area contributed by atoms with Gasteiger partial charge in [0.25, 0.3) is 0 Å². The molecule has 6 heteroatoms. The van der Waals surface area contributed by atoms with E-state index in [4.69, 9.17) is 15.3 Å². The van der Waals surface area contributed by atoms with Crippen LogP contribution in [0.25, 0.3) is 0 Å². The second-order valence-corrected chi connectivity index (χ2v) is 2.52. The molecule has 0 fully saturated rings. The molecule has 1 heterocycles. The van der Waals surface area contributed by atoms with Gasteiger partial charge in [-0.3, -0.25) is 0 Å². The highest BCUT2D eigenvalue weighted by molar-refractivity contribution is 9.08. The van der Waals surface area contributed by atoms with Crippen molar-refractivity contribution in [3.05, 3.63) is 11.8 Å². The molecule has 1 rings (SSSR count).